The van der Waals surface area contributed by atoms with Gasteiger partial charge in [0, 0.05) is 6.04 Å². The molecule has 0 aromatic carbocycles. The Kier molecular flexibility index (Phi) is 2.89. The first-order valence-corrected chi connectivity index (χ1v) is 6.11. The number of carbonyl (C=O) groups excluding carboxylic acids is 2. The second kappa shape index (κ2) is 3.98. The highest BCUT2D eigenvalue weighted by Crippen LogP contribution is 2.31. The van der Waals surface area contributed by atoms with Crippen LogP contribution in [0.2, 0.25) is 0 Å². The number of ether oxygens (including phenoxy) is 1. The molecule has 2 saturated heterocycles. The van der Waals surface area contributed by atoms with Crippen LogP contribution >= 0.6 is 0 Å². The SMILES string of the molecule is C[C@H]1C(=O)N(C(=O)OC(C)(C)C)[C@@H]2CCN[C@H]21. The number of nitrogens with one attached hydrogen (secondary N) is 1. The lowest BCUT2D eigenvalue weighted by atomic mass is 10.0. The number of hydrogen-bond donors (Lipinski definition) is 1. The van der Waals surface area contributed by atoms with Crippen LogP contribution in [0.1, 0.15) is 34.1 Å². The maximum atomic E-state index is 12.0. The smallest absolute Gasteiger partial charge is 0.417 e. The number of amides is 2. The minimum Gasteiger partial charge on any atom is -0.443 e. The van der Waals surface area contributed by atoms with E-state index in [0.717, 1.165) is 13.0 Å². The molecule has 0 bridgehead atoms. The van der Waals surface area contributed by atoms with Crippen molar-refractivity contribution < 1.29 is 14.3 Å². The van der Waals surface area contributed by atoms with E-state index in [1.807, 2.05) is 6.92 Å². The molecule has 5 heteroatoms. The highest BCUT2D eigenvalue weighted by molar-refractivity contribution is 5.96. The van der Waals surface area contributed by atoms with Gasteiger partial charge in [0.2, 0.25) is 5.91 Å². The number of imide groups is 1. The van der Waals surface area contributed by atoms with E-state index in [-0.39, 0.29) is 23.9 Å². The third kappa shape index (κ3) is 2.16. The molecule has 5 nitrogen and oxygen atoms in total. The average molecular weight is 240 g/mol. The molecule has 0 aromatic heterocycles. The van der Waals surface area contributed by atoms with E-state index in [4.69, 9.17) is 4.74 Å². The summed E-state index contributed by atoms with van der Waals surface area (Å²) in [5.41, 5.74) is -0.565. The number of hydrogen-bond acceptors (Lipinski definition) is 4. The van der Waals surface area contributed by atoms with Crippen molar-refractivity contribution in [2.75, 3.05) is 6.54 Å². The van der Waals surface area contributed by atoms with Gasteiger partial charge in [-0.25, -0.2) is 9.69 Å². The van der Waals surface area contributed by atoms with Crippen molar-refractivity contribution in [3.05, 3.63) is 0 Å². The van der Waals surface area contributed by atoms with Gasteiger partial charge in [-0.15, -0.1) is 0 Å². The number of fused-ring (bicyclic) bond motifs is 1. The molecule has 1 N–H and O–H groups in total. The normalized spacial score (nSPS) is 32.8. The summed E-state index contributed by atoms with van der Waals surface area (Å²) in [6.07, 6.45) is 0.311. The van der Waals surface area contributed by atoms with Gasteiger partial charge in [0.15, 0.2) is 0 Å². The Morgan fingerprint density at radius 3 is 2.71 bits per heavy atom. The topological polar surface area (TPSA) is 58.6 Å². The lowest BCUT2D eigenvalue weighted by molar-refractivity contribution is -0.130. The first-order chi connectivity index (χ1) is 7.81. The fourth-order valence-corrected chi connectivity index (χ4v) is 2.59. The molecular formula is C12H20N2O3. The van der Waals surface area contributed by atoms with E-state index in [1.54, 1.807) is 20.8 Å². The number of nitrogens with zero attached hydrogens (tertiary/aromatic N) is 1. The summed E-state index contributed by atoms with van der Waals surface area (Å²) in [7, 11) is 0. The predicted molar refractivity (Wildman–Crippen MR) is 62.4 cm³/mol. The summed E-state index contributed by atoms with van der Waals surface area (Å²) < 4.78 is 5.29. The quantitative estimate of drug-likeness (QED) is 0.689. The second-order valence-electron chi connectivity index (χ2n) is 5.81. The molecule has 0 aliphatic carbocycles. The first-order valence-electron chi connectivity index (χ1n) is 6.11. The lowest BCUT2D eigenvalue weighted by Crippen LogP contribution is -2.43. The Morgan fingerprint density at radius 1 is 1.47 bits per heavy atom. The van der Waals surface area contributed by atoms with E-state index in [0.29, 0.717) is 0 Å². The van der Waals surface area contributed by atoms with E-state index in [2.05, 4.69) is 5.32 Å². The molecule has 0 aromatic rings. The predicted octanol–water partition coefficient (Wildman–Crippen LogP) is 1.13. The van der Waals surface area contributed by atoms with Crippen LogP contribution in [0.5, 0.6) is 0 Å². The lowest BCUT2D eigenvalue weighted by Gasteiger charge is -2.26. The Bertz CT molecular complexity index is 348. The molecule has 17 heavy (non-hydrogen) atoms. The zero-order valence-electron chi connectivity index (χ0n) is 10.8. The molecule has 0 unspecified atom stereocenters. The highest BCUT2D eigenvalue weighted by atomic mass is 16.6. The number of rotatable bonds is 0. The van der Waals surface area contributed by atoms with Crippen LogP contribution in [0, 0.1) is 5.92 Å². The van der Waals surface area contributed by atoms with Crippen LogP contribution < -0.4 is 5.32 Å². The Labute approximate surface area is 101 Å². The van der Waals surface area contributed by atoms with Gasteiger partial charge >= 0.3 is 6.09 Å². The molecule has 3 atom stereocenters. The van der Waals surface area contributed by atoms with E-state index in [1.165, 1.54) is 4.90 Å². The van der Waals surface area contributed by atoms with Crippen LogP contribution in [-0.2, 0) is 9.53 Å². The first kappa shape index (κ1) is 12.4. The van der Waals surface area contributed by atoms with Crippen LogP contribution in [0.25, 0.3) is 0 Å². The van der Waals surface area contributed by atoms with Crippen LogP contribution in [0.3, 0.4) is 0 Å². The molecular weight excluding hydrogens is 220 g/mol. The summed E-state index contributed by atoms with van der Waals surface area (Å²) in [6, 6.07) is 0.0577. The van der Waals surface area contributed by atoms with E-state index >= 15 is 0 Å². The number of likely N-dealkylation sites (tertiary alicyclic amines) is 1. The molecule has 2 aliphatic heterocycles. The summed E-state index contributed by atoms with van der Waals surface area (Å²) in [5.74, 6) is -0.267. The zero-order chi connectivity index (χ0) is 12.8. The molecule has 0 saturated carbocycles. The Morgan fingerprint density at radius 2 is 2.12 bits per heavy atom. The van der Waals surface area contributed by atoms with Gasteiger partial charge in [0.25, 0.3) is 0 Å². The van der Waals surface area contributed by atoms with Gasteiger partial charge in [-0.05, 0) is 33.7 Å². The maximum Gasteiger partial charge on any atom is 0.417 e. The minimum absolute atomic E-state index is 0.0349. The van der Waals surface area contributed by atoms with Gasteiger partial charge in [-0.3, -0.25) is 4.79 Å². The molecule has 2 fully saturated rings. The monoisotopic (exact) mass is 240 g/mol. The van der Waals surface area contributed by atoms with Crippen molar-refractivity contribution in [2.45, 2.75) is 51.8 Å². The third-order valence-electron chi connectivity index (χ3n) is 3.32. The maximum absolute atomic E-state index is 12.0. The largest absolute Gasteiger partial charge is 0.443 e. The average Bonchev–Trinajstić information content (AvgIpc) is 2.69. The van der Waals surface area contributed by atoms with Crippen molar-refractivity contribution in [3.8, 4) is 0 Å². The molecule has 0 radical (unpaired) electrons. The molecule has 2 rings (SSSR count). The molecule has 2 amide bonds. The highest BCUT2D eigenvalue weighted by Gasteiger charge is 2.51. The standard InChI is InChI=1S/C12H20N2O3/c1-7-9-8(5-6-13-9)14(10(7)15)11(16)17-12(2,3)4/h7-9,13H,5-6H2,1-4H3/t7-,8-,9+/m1/s1. The van der Waals surface area contributed by atoms with Crippen LogP contribution in [0.15, 0.2) is 0 Å². The van der Waals surface area contributed by atoms with Crippen molar-refractivity contribution in [1.82, 2.24) is 10.2 Å². The Hall–Kier alpha value is -1.10. The van der Waals surface area contributed by atoms with Crippen LogP contribution in [-0.4, -0.2) is 41.1 Å². The molecule has 0 spiro atoms. The zero-order valence-corrected chi connectivity index (χ0v) is 10.8. The third-order valence-corrected chi connectivity index (χ3v) is 3.32. The van der Waals surface area contributed by atoms with Crippen molar-refractivity contribution in [1.29, 1.82) is 0 Å². The fourth-order valence-electron chi connectivity index (χ4n) is 2.59. The summed E-state index contributed by atoms with van der Waals surface area (Å²) in [6.45, 7) is 8.13. The van der Waals surface area contributed by atoms with E-state index < -0.39 is 11.7 Å². The summed E-state index contributed by atoms with van der Waals surface area (Å²) >= 11 is 0. The molecule has 2 aliphatic rings. The molecule has 96 valence electrons. The summed E-state index contributed by atoms with van der Waals surface area (Å²) in [4.78, 5) is 25.4. The van der Waals surface area contributed by atoms with Gasteiger partial charge in [0.05, 0.1) is 12.0 Å². The number of carbonyl (C=O) groups is 2. The molecule has 2 heterocycles. The van der Waals surface area contributed by atoms with Crippen molar-refractivity contribution in [3.63, 3.8) is 0 Å². The second-order valence-corrected chi connectivity index (χ2v) is 5.81. The Balaban J connectivity index is 2.15. The van der Waals surface area contributed by atoms with Crippen molar-refractivity contribution in [2.24, 2.45) is 5.92 Å². The van der Waals surface area contributed by atoms with E-state index in [9.17, 15) is 9.59 Å². The van der Waals surface area contributed by atoms with Gasteiger partial charge in [-0.1, -0.05) is 6.92 Å². The van der Waals surface area contributed by atoms with Crippen molar-refractivity contribution >= 4 is 12.0 Å². The van der Waals surface area contributed by atoms with Crippen LogP contribution in [0.4, 0.5) is 4.79 Å². The minimum atomic E-state index is -0.565. The van der Waals surface area contributed by atoms with Gasteiger partial charge in [-0.2, -0.15) is 0 Å². The van der Waals surface area contributed by atoms with Gasteiger partial charge in [0.1, 0.15) is 5.60 Å². The fraction of sp³-hybridized carbons (Fsp3) is 0.833. The summed E-state index contributed by atoms with van der Waals surface area (Å²) in [5, 5.41) is 3.28. The van der Waals surface area contributed by atoms with Gasteiger partial charge < -0.3 is 10.1 Å².